The van der Waals surface area contributed by atoms with E-state index in [0.717, 1.165) is 0 Å². The zero-order chi connectivity index (χ0) is 12.3. The molecule has 0 rings (SSSR count). The first-order valence-electron chi connectivity index (χ1n) is 4.90. The zero-order valence-corrected chi connectivity index (χ0v) is 10.1. The van der Waals surface area contributed by atoms with Crippen molar-refractivity contribution in [3.05, 3.63) is 0 Å². The molecule has 0 aliphatic carbocycles. The van der Waals surface area contributed by atoms with Gasteiger partial charge in [0.05, 0.1) is 17.7 Å². The van der Waals surface area contributed by atoms with Crippen LogP contribution in [0.25, 0.3) is 0 Å². The fourth-order valence-corrected chi connectivity index (χ4v) is 0.809. The van der Waals surface area contributed by atoms with Crippen LogP contribution in [0, 0.1) is 0 Å². The molecule has 0 heterocycles. The number of hydrogen-bond acceptors (Lipinski definition) is 4. The van der Waals surface area contributed by atoms with Crippen molar-refractivity contribution >= 4 is 5.91 Å². The predicted molar refractivity (Wildman–Crippen MR) is 58.4 cm³/mol. The molecule has 0 aromatic carbocycles. The Bertz CT molecular complexity index is 221. The summed E-state index contributed by atoms with van der Waals surface area (Å²) in [5.74, 6) is -0.330. The number of methoxy groups -OCH3 is 1. The largest absolute Gasteiger partial charge is 0.388 e. The second kappa shape index (κ2) is 4.92. The lowest BCUT2D eigenvalue weighted by molar-refractivity contribution is -0.128. The van der Waals surface area contributed by atoms with Gasteiger partial charge in [-0.25, -0.2) is 0 Å². The minimum atomic E-state index is -1.02. The van der Waals surface area contributed by atoms with Gasteiger partial charge in [-0.15, -0.1) is 0 Å². The first kappa shape index (κ1) is 14.3. The third-order valence-corrected chi connectivity index (χ3v) is 2.65. The molecule has 5 nitrogen and oxygen atoms in total. The Morgan fingerprint density at radius 2 is 1.93 bits per heavy atom. The minimum absolute atomic E-state index is 0.160. The Hall–Kier alpha value is -0.650. The van der Waals surface area contributed by atoms with Crippen LogP contribution in [0.1, 0.15) is 27.7 Å². The van der Waals surface area contributed by atoms with Crippen LogP contribution in [0.2, 0.25) is 0 Å². The number of rotatable bonds is 5. The van der Waals surface area contributed by atoms with Gasteiger partial charge in [-0.05, 0) is 27.7 Å². The first-order valence-corrected chi connectivity index (χ1v) is 4.90. The number of carbonyl (C=O) groups is 1. The Balaban J connectivity index is 4.41. The summed E-state index contributed by atoms with van der Waals surface area (Å²) >= 11 is 0. The highest BCUT2D eigenvalue weighted by Gasteiger charge is 2.37. The fraction of sp³-hybridized carbons (Fsp3) is 0.900. The Morgan fingerprint density at radius 3 is 2.27 bits per heavy atom. The zero-order valence-electron chi connectivity index (χ0n) is 10.1. The second-order valence-electron chi connectivity index (χ2n) is 4.74. The molecule has 1 atom stereocenters. The SMILES string of the molecule is COCC(N)C(=O)NC(C)(C)C(C)(C)O. The number of hydrogen-bond donors (Lipinski definition) is 3. The molecule has 0 spiro atoms. The smallest absolute Gasteiger partial charge is 0.239 e. The van der Waals surface area contributed by atoms with Crippen LogP contribution in [0.3, 0.4) is 0 Å². The summed E-state index contributed by atoms with van der Waals surface area (Å²) in [6.07, 6.45) is 0. The summed E-state index contributed by atoms with van der Waals surface area (Å²) in [4.78, 5) is 11.6. The van der Waals surface area contributed by atoms with E-state index in [1.54, 1.807) is 27.7 Å². The van der Waals surface area contributed by atoms with Crippen molar-refractivity contribution in [2.24, 2.45) is 5.73 Å². The molecule has 90 valence electrons. The van der Waals surface area contributed by atoms with E-state index in [4.69, 9.17) is 10.5 Å². The monoisotopic (exact) mass is 218 g/mol. The highest BCUT2D eigenvalue weighted by molar-refractivity contribution is 5.82. The third-order valence-electron chi connectivity index (χ3n) is 2.65. The molecule has 0 fully saturated rings. The van der Waals surface area contributed by atoms with Gasteiger partial charge in [0.15, 0.2) is 0 Å². The van der Waals surface area contributed by atoms with Crippen molar-refractivity contribution in [1.82, 2.24) is 5.32 Å². The van der Waals surface area contributed by atoms with E-state index < -0.39 is 17.2 Å². The molecular weight excluding hydrogens is 196 g/mol. The topological polar surface area (TPSA) is 84.6 Å². The van der Waals surface area contributed by atoms with Gasteiger partial charge in [0, 0.05) is 7.11 Å². The highest BCUT2D eigenvalue weighted by atomic mass is 16.5. The van der Waals surface area contributed by atoms with Crippen molar-refractivity contribution in [3.63, 3.8) is 0 Å². The highest BCUT2D eigenvalue weighted by Crippen LogP contribution is 2.20. The lowest BCUT2D eigenvalue weighted by atomic mass is 9.86. The van der Waals surface area contributed by atoms with Crippen LogP contribution < -0.4 is 11.1 Å². The van der Waals surface area contributed by atoms with Crippen LogP contribution in [0.4, 0.5) is 0 Å². The van der Waals surface area contributed by atoms with Crippen LogP contribution in [-0.4, -0.2) is 41.9 Å². The van der Waals surface area contributed by atoms with Crippen molar-refractivity contribution in [2.45, 2.75) is 44.9 Å². The second-order valence-corrected chi connectivity index (χ2v) is 4.74. The van der Waals surface area contributed by atoms with Crippen molar-refractivity contribution in [2.75, 3.05) is 13.7 Å². The number of carbonyl (C=O) groups excluding carboxylic acids is 1. The molecule has 1 unspecified atom stereocenters. The summed E-state index contributed by atoms with van der Waals surface area (Å²) in [7, 11) is 1.48. The van der Waals surface area contributed by atoms with E-state index in [9.17, 15) is 9.90 Å². The standard InChI is InChI=1S/C10H22N2O3/c1-9(2,10(3,4)14)12-8(13)7(11)6-15-5/h7,14H,6,11H2,1-5H3,(H,12,13). The third kappa shape index (κ3) is 4.15. The molecule has 15 heavy (non-hydrogen) atoms. The van der Waals surface area contributed by atoms with Crippen LogP contribution in [0.15, 0.2) is 0 Å². The van der Waals surface area contributed by atoms with Crippen LogP contribution in [0.5, 0.6) is 0 Å². The summed E-state index contributed by atoms with van der Waals surface area (Å²) in [5.41, 5.74) is 3.80. The number of nitrogens with one attached hydrogen (secondary N) is 1. The van der Waals surface area contributed by atoms with Crippen LogP contribution >= 0.6 is 0 Å². The lowest BCUT2D eigenvalue weighted by Gasteiger charge is -2.38. The average molecular weight is 218 g/mol. The summed E-state index contributed by atoms with van der Waals surface area (Å²) < 4.78 is 4.78. The maximum Gasteiger partial charge on any atom is 0.239 e. The molecule has 0 aliphatic heterocycles. The normalized spacial score (nSPS) is 14.9. The number of nitrogens with two attached hydrogens (primary N) is 1. The number of amides is 1. The van der Waals surface area contributed by atoms with E-state index in [2.05, 4.69) is 5.32 Å². The Morgan fingerprint density at radius 1 is 1.47 bits per heavy atom. The first-order chi connectivity index (χ1) is 6.62. The van der Waals surface area contributed by atoms with Gasteiger partial charge in [-0.3, -0.25) is 4.79 Å². The number of aliphatic hydroxyl groups is 1. The molecule has 5 heteroatoms. The van der Waals surface area contributed by atoms with Gasteiger partial charge >= 0.3 is 0 Å². The summed E-state index contributed by atoms with van der Waals surface area (Å²) in [5, 5.41) is 12.5. The average Bonchev–Trinajstić information content (AvgIpc) is 2.01. The van der Waals surface area contributed by atoms with E-state index in [-0.39, 0.29) is 12.5 Å². The molecule has 0 saturated heterocycles. The van der Waals surface area contributed by atoms with Gasteiger partial charge in [0.25, 0.3) is 0 Å². The maximum absolute atomic E-state index is 11.6. The molecule has 0 bridgehead atoms. The Labute approximate surface area is 91.0 Å². The quantitative estimate of drug-likeness (QED) is 0.587. The maximum atomic E-state index is 11.6. The van der Waals surface area contributed by atoms with Gasteiger partial charge in [-0.2, -0.15) is 0 Å². The summed E-state index contributed by atoms with van der Waals surface area (Å²) in [6.45, 7) is 6.91. The lowest BCUT2D eigenvalue weighted by Crippen LogP contribution is -2.61. The van der Waals surface area contributed by atoms with E-state index in [1.165, 1.54) is 7.11 Å². The van der Waals surface area contributed by atoms with E-state index in [1.807, 2.05) is 0 Å². The minimum Gasteiger partial charge on any atom is -0.388 e. The summed E-state index contributed by atoms with van der Waals surface area (Å²) in [6, 6.07) is -0.711. The molecule has 0 aliphatic rings. The van der Waals surface area contributed by atoms with Gasteiger partial charge in [-0.1, -0.05) is 0 Å². The predicted octanol–water partition coefficient (Wildman–Crippen LogP) is -0.374. The Kier molecular flexibility index (Phi) is 4.70. The van der Waals surface area contributed by atoms with Gasteiger partial charge in [0.2, 0.25) is 5.91 Å². The molecule has 0 aromatic rings. The van der Waals surface area contributed by atoms with Gasteiger partial charge in [0.1, 0.15) is 6.04 Å². The fourth-order valence-electron chi connectivity index (χ4n) is 0.809. The van der Waals surface area contributed by atoms with Crippen molar-refractivity contribution < 1.29 is 14.6 Å². The molecular formula is C10H22N2O3. The molecule has 1 amide bonds. The van der Waals surface area contributed by atoms with Gasteiger partial charge < -0.3 is 20.9 Å². The molecule has 0 aromatic heterocycles. The molecule has 0 radical (unpaired) electrons. The van der Waals surface area contributed by atoms with Crippen molar-refractivity contribution in [1.29, 1.82) is 0 Å². The van der Waals surface area contributed by atoms with Crippen LogP contribution in [-0.2, 0) is 9.53 Å². The van der Waals surface area contributed by atoms with E-state index in [0.29, 0.717) is 0 Å². The van der Waals surface area contributed by atoms with Crippen molar-refractivity contribution in [3.8, 4) is 0 Å². The van der Waals surface area contributed by atoms with E-state index >= 15 is 0 Å². The number of ether oxygens (including phenoxy) is 1. The molecule has 0 saturated carbocycles. The molecule has 4 N–H and O–H groups in total.